The number of para-hydroxylation sites is 1. The number of nitrogens with one attached hydrogen (secondary N) is 2. The van der Waals surface area contributed by atoms with Crippen LogP contribution in [0.3, 0.4) is 0 Å². The lowest BCUT2D eigenvalue weighted by Crippen LogP contribution is -2.52. The Bertz CT molecular complexity index is 1270. The Morgan fingerprint density at radius 3 is 2.78 bits per heavy atom. The second-order valence-corrected chi connectivity index (χ2v) is 7.84. The molecule has 0 aliphatic carbocycles. The van der Waals surface area contributed by atoms with Gasteiger partial charge in [0, 0.05) is 24.9 Å². The molecule has 1 aromatic heterocycles. The van der Waals surface area contributed by atoms with Crippen molar-refractivity contribution in [3.8, 4) is 0 Å². The summed E-state index contributed by atoms with van der Waals surface area (Å²) in [6.07, 6.45) is 0.324. The molecule has 32 heavy (non-hydrogen) atoms. The maximum absolute atomic E-state index is 14.8. The smallest absolute Gasteiger partial charge is 0.287 e. The Morgan fingerprint density at radius 1 is 1.19 bits per heavy atom. The molecule has 8 nitrogen and oxygen atoms in total. The Balaban J connectivity index is 1.31. The third kappa shape index (κ3) is 3.41. The summed E-state index contributed by atoms with van der Waals surface area (Å²) in [6.45, 7) is 0.0927. The van der Waals surface area contributed by atoms with Crippen LogP contribution >= 0.6 is 0 Å². The van der Waals surface area contributed by atoms with Gasteiger partial charge in [-0.3, -0.25) is 24.5 Å². The van der Waals surface area contributed by atoms with Crippen molar-refractivity contribution in [2.75, 3.05) is 0 Å². The third-order valence-corrected chi connectivity index (χ3v) is 5.74. The van der Waals surface area contributed by atoms with Crippen molar-refractivity contribution in [2.45, 2.75) is 32.0 Å². The summed E-state index contributed by atoms with van der Waals surface area (Å²) in [5, 5.41) is 5.71. The van der Waals surface area contributed by atoms with Gasteiger partial charge < -0.3 is 14.6 Å². The van der Waals surface area contributed by atoms with Crippen LogP contribution in [0, 0.1) is 5.82 Å². The molecule has 1 unspecified atom stereocenters. The summed E-state index contributed by atoms with van der Waals surface area (Å²) < 4.78 is 20.3. The third-order valence-electron chi connectivity index (χ3n) is 5.74. The van der Waals surface area contributed by atoms with Gasteiger partial charge in [-0.2, -0.15) is 0 Å². The van der Waals surface area contributed by atoms with Gasteiger partial charge in [0.25, 0.3) is 11.8 Å². The Labute approximate surface area is 181 Å². The van der Waals surface area contributed by atoms with Gasteiger partial charge in [-0.15, -0.1) is 0 Å². The van der Waals surface area contributed by atoms with Crippen LogP contribution in [-0.4, -0.2) is 34.6 Å². The molecule has 2 aliphatic rings. The fourth-order valence-corrected chi connectivity index (χ4v) is 4.19. The number of halogens is 1. The maximum Gasteiger partial charge on any atom is 0.287 e. The molecule has 0 saturated carbocycles. The molecule has 9 heteroatoms. The quantitative estimate of drug-likeness (QED) is 0.611. The van der Waals surface area contributed by atoms with Gasteiger partial charge in [0.05, 0.1) is 5.56 Å². The van der Waals surface area contributed by atoms with E-state index >= 15 is 0 Å². The summed E-state index contributed by atoms with van der Waals surface area (Å²) in [5.74, 6) is -2.53. The highest BCUT2D eigenvalue weighted by Gasteiger charge is 2.40. The maximum atomic E-state index is 14.8. The number of amides is 4. The molecule has 2 aromatic carbocycles. The molecule has 4 amide bonds. The van der Waals surface area contributed by atoms with E-state index < -0.39 is 29.6 Å². The summed E-state index contributed by atoms with van der Waals surface area (Å²) >= 11 is 0. The second kappa shape index (κ2) is 7.60. The van der Waals surface area contributed by atoms with Gasteiger partial charge in [-0.25, -0.2) is 4.39 Å². The van der Waals surface area contributed by atoms with Crippen molar-refractivity contribution in [3.05, 3.63) is 70.7 Å². The molecule has 5 rings (SSSR count). The molecule has 0 radical (unpaired) electrons. The van der Waals surface area contributed by atoms with Gasteiger partial charge >= 0.3 is 0 Å². The number of carbonyl (C=O) groups excluding carboxylic acids is 4. The van der Waals surface area contributed by atoms with Gasteiger partial charge in [0.1, 0.15) is 17.4 Å². The fraction of sp³-hybridized carbons (Fsp3) is 0.217. The lowest BCUT2D eigenvalue weighted by molar-refractivity contribution is -0.136. The van der Waals surface area contributed by atoms with E-state index in [2.05, 4.69) is 10.6 Å². The fourth-order valence-electron chi connectivity index (χ4n) is 4.19. The first-order chi connectivity index (χ1) is 15.4. The van der Waals surface area contributed by atoms with Crippen molar-refractivity contribution in [2.24, 2.45) is 0 Å². The molecule has 2 N–H and O–H groups in total. The topological polar surface area (TPSA) is 109 Å². The molecule has 1 saturated heterocycles. The molecule has 3 heterocycles. The lowest BCUT2D eigenvalue weighted by Gasteiger charge is -2.29. The van der Waals surface area contributed by atoms with Crippen molar-refractivity contribution in [1.29, 1.82) is 0 Å². The van der Waals surface area contributed by atoms with Crippen LogP contribution in [0.4, 0.5) is 4.39 Å². The molecule has 0 spiro atoms. The second-order valence-electron chi connectivity index (χ2n) is 7.84. The van der Waals surface area contributed by atoms with E-state index in [1.165, 1.54) is 11.0 Å². The molecule has 1 fully saturated rings. The molecular formula is C23H18FN3O5. The van der Waals surface area contributed by atoms with E-state index in [0.717, 1.165) is 5.39 Å². The number of benzene rings is 2. The minimum Gasteiger partial charge on any atom is -0.451 e. The van der Waals surface area contributed by atoms with E-state index in [1.807, 2.05) is 12.1 Å². The summed E-state index contributed by atoms with van der Waals surface area (Å²) in [5.41, 5.74) is 1.42. The van der Waals surface area contributed by atoms with E-state index in [1.54, 1.807) is 24.3 Å². The van der Waals surface area contributed by atoms with E-state index in [0.29, 0.717) is 16.7 Å². The predicted molar refractivity (Wildman–Crippen MR) is 110 cm³/mol. The zero-order valence-electron chi connectivity index (χ0n) is 16.8. The first-order valence-electron chi connectivity index (χ1n) is 10.1. The van der Waals surface area contributed by atoms with Gasteiger partial charge in [-0.1, -0.05) is 24.3 Å². The zero-order chi connectivity index (χ0) is 22.4. The molecule has 3 aromatic rings. The van der Waals surface area contributed by atoms with Crippen LogP contribution in [0.25, 0.3) is 11.0 Å². The summed E-state index contributed by atoms with van der Waals surface area (Å²) in [6, 6.07) is 10.9. The monoisotopic (exact) mass is 435 g/mol. The average molecular weight is 435 g/mol. The molecule has 2 aliphatic heterocycles. The van der Waals surface area contributed by atoms with Crippen molar-refractivity contribution in [1.82, 2.24) is 15.5 Å². The van der Waals surface area contributed by atoms with Crippen LogP contribution in [0.15, 0.2) is 46.9 Å². The number of nitrogens with zero attached hydrogens (tertiary/aromatic N) is 1. The lowest BCUT2D eigenvalue weighted by atomic mass is 10.0. The summed E-state index contributed by atoms with van der Waals surface area (Å²) in [4.78, 5) is 50.0. The number of rotatable bonds is 4. The number of imide groups is 1. The van der Waals surface area contributed by atoms with Gasteiger partial charge in [0.15, 0.2) is 5.76 Å². The molecule has 162 valence electrons. The van der Waals surface area contributed by atoms with Gasteiger partial charge in [-0.05, 0) is 35.7 Å². The van der Waals surface area contributed by atoms with Crippen molar-refractivity contribution in [3.63, 3.8) is 0 Å². The van der Waals surface area contributed by atoms with E-state index in [-0.39, 0.29) is 43.2 Å². The molecular weight excluding hydrogens is 417 g/mol. The van der Waals surface area contributed by atoms with E-state index in [4.69, 9.17) is 4.42 Å². The van der Waals surface area contributed by atoms with Crippen LogP contribution in [0.5, 0.6) is 0 Å². The Hall–Kier alpha value is -4.01. The average Bonchev–Trinajstić information content (AvgIpc) is 3.34. The first kappa shape index (κ1) is 19.9. The Morgan fingerprint density at radius 2 is 2.00 bits per heavy atom. The standard InChI is InChI=1S/C23H18FN3O5/c24-15-8-12(10-25-22(30)18-9-13-3-1-2-4-17(13)32-18)7-14-11-27(23(31)20(14)15)16-5-6-19(28)26-21(16)29/h1-4,7-9,16H,5-6,10-11H2,(H,25,30)(H,26,28,29). The number of hydrogen-bond acceptors (Lipinski definition) is 5. The predicted octanol–water partition coefficient (Wildman–Crippen LogP) is 2.26. The van der Waals surface area contributed by atoms with Crippen molar-refractivity contribution >= 4 is 34.6 Å². The number of piperidine rings is 1. The normalized spacial score (nSPS) is 18.1. The largest absolute Gasteiger partial charge is 0.451 e. The molecule has 0 bridgehead atoms. The van der Waals surface area contributed by atoms with Gasteiger partial charge in [0.2, 0.25) is 11.8 Å². The highest BCUT2D eigenvalue weighted by atomic mass is 19.1. The number of fused-ring (bicyclic) bond motifs is 2. The highest BCUT2D eigenvalue weighted by Crippen LogP contribution is 2.30. The number of hydrogen-bond donors (Lipinski definition) is 2. The zero-order valence-corrected chi connectivity index (χ0v) is 16.8. The minimum atomic E-state index is -0.816. The van der Waals surface area contributed by atoms with Crippen LogP contribution < -0.4 is 10.6 Å². The SMILES string of the molecule is O=C1CCC(N2Cc3cc(CNC(=O)c4cc5ccccc5o4)cc(F)c3C2=O)C(=O)N1. The number of furan rings is 1. The van der Waals surface area contributed by atoms with Crippen molar-refractivity contribution < 1.29 is 28.0 Å². The minimum absolute atomic E-state index is 0.0344. The van der Waals surface area contributed by atoms with Crippen LogP contribution in [0.1, 0.15) is 44.9 Å². The Kier molecular flexibility index (Phi) is 4.73. The van der Waals surface area contributed by atoms with Crippen LogP contribution in [-0.2, 0) is 22.7 Å². The first-order valence-corrected chi connectivity index (χ1v) is 10.1. The van der Waals surface area contributed by atoms with E-state index in [9.17, 15) is 23.6 Å². The summed E-state index contributed by atoms with van der Waals surface area (Å²) in [7, 11) is 0. The highest BCUT2D eigenvalue weighted by molar-refractivity contribution is 6.05. The number of carbonyl (C=O) groups is 4. The molecule has 1 atom stereocenters. The van der Waals surface area contributed by atoms with Crippen LogP contribution in [0.2, 0.25) is 0 Å².